The van der Waals surface area contributed by atoms with Gasteiger partial charge in [0.15, 0.2) is 0 Å². The van der Waals surface area contributed by atoms with Gasteiger partial charge in [-0.15, -0.1) is 0 Å². The average Bonchev–Trinajstić information content (AvgIpc) is 2.86. The van der Waals surface area contributed by atoms with Gasteiger partial charge in [0.25, 0.3) is 0 Å². The molecule has 1 N–H and O–H groups in total. The van der Waals surface area contributed by atoms with Crippen LogP contribution in [0, 0.1) is 6.92 Å². The molecule has 1 aromatic heterocycles. The molecular formula is C11H16N2. The van der Waals surface area contributed by atoms with Crippen molar-refractivity contribution in [2.24, 2.45) is 0 Å². The molecule has 0 unspecified atom stereocenters. The second-order valence-corrected chi connectivity index (χ2v) is 4.17. The lowest BCUT2D eigenvalue weighted by atomic mass is 10.00. The first-order valence-corrected chi connectivity index (χ1v) is 4.80. The lowest BCUT2D eigenvalue weighted by Gasteiger charge is -2.11. The van der Waals surface area contributed by atoms with E-state index in [-0.39, 0.29) is 0 Å². The van der Waals surface area contributed by atoms with Crippen LogP contribution in [0.15, 0.2) is 12.3 Å². The second kappa shape index (κ2) is 2.72. The summed E-state index contributed by atoms with van der Waals surface area (Å²) < 4.78 is 0. The van der Waals surface area contributed by atoms with Gasteiger partial charge in [-0.2, -0.15) is 0 Å². The minimum absolute atomic E-state index is 0.423. The number of nitrogens with one attached hydrogen (secondary N) is 1. The summed E-state index contributed by atoms with van der Waals surface area (Å²) in [6.45, 7) is 4.34. The normalized spacial score (nSPS) is 18.4. The van der Waals surface area contributed by atoms with E-state index in [2.05, 4.69) is 23.3 Å². The topological polar surface area (TPSA) is 24.9 Å². The Morgan fingerprint density at radius 2 is 2.15 bits per heavy atom. The van der Waals surface area contributed by atoms with Crippen molar-refractivity contribution in [3.8, 4) is 0 Å². The molecule has 0 aliphatic heterocycles. The minimum Gasteiger partial charge on any atom is -0.387 e. The maximum Gasteiger partial charge on any atom is 0.0603 e. The Morgan fingerprint density at radius 3 is 2.69 bits per heavy atom. The van der Waals surface area contributed by atoms with Crippen LogP contribution < -0.4 is 5.32 Å². The van der Waals surface area contributed by atoms with E-state index in [0.29, 0.717) is 5.41 Å². The highest BCUT2D eigenvalue weighted by Gasteiger charge is 2.39. The maximum atomic E-state index is 4.39. The summed E-state index contributed by atoms with van der Waals surface area (Å²) in [5, 5.41) is 3.17. The number of anilines is 1. The zero-order chi connectivity index (χ0) is 9.47. The SMILES string of the molecule is CNc1cc(C2(C)CC2)cnc1C. The quantitative estimate of drug-likeness (QED) is 0.748. The third-order valence-electron chi connectivity index (χ3n) is 3.05. The van der Waals surface area contributed by atoms with Gasteiger partial charge in [0.05, 0.1) is 11.4 Å². The van der Waals surface area contributed by atoms with Crippen molar-refractivity contribution >= 4 is 5.69 Å². The highest BCUT2D eigenvalue weighted by atomic mass is 14.9. The Bertz CT molecular complexity index is 327. The lowest BCUT2D eigenvalue weighted by molar-refractivity contribution is 0.780. The molecule has 0 saturated heterocycles. The summed E-state index contributed by atoms with van der Waals surface area (Å²) in [4.78, 5) is 4.39. The van der Waals surface area contributed by atoms with Gasteiger partial charge in [-0.3, -0.25) is 4.98 Å². The van der Waals surface area contributed by atoms with E-state index in [4.69, 9.17) is 0 Å². The van der Waals surface area contributed by atoms with Crippen molar-refractivity contribution in [1.29, 1.82) is 0 Å². The molecule has 70 valence electrons. The van der Waals surface area contributed by atoms with Crippen LogP contribution in [0.1, 0.15) is 31.0 Å². The number of hydrogen-bond acceptors (Lipinski definition) is 2. The number of aryl methyl sites for hydroxylation is 1. The Labute approximate surface area is 79.4 Å². The van der Waals surface area contributed by atoms with Gasteiger partial charge in [-0.1, -0.05) is 6.92 Å². The largest absolute Gasteiger partial charge is 0.387 e. The van der Waals surface area contributed by atoms with Crippen LogP contribution in [0.2, 0.25) is 0 Å². The standard InChI is InChI=1S/C11H16N2/c1-8-10(12-3)6-9(7-13-8)11(2)4-5-11/h6-7,12H,4-5H2,1-3H3. The van der Waals surface area contributed by atoms with E-state index >= 15 is 0 Å². The summed E-state index contributed by atoms with van der Waals surface area (Å²) in [7, 11) is 1.95. The fraction of sp³-hybridized carbons (Fsp3) is 0.545. The molecule has 2 nitrogen and oxygen atoms in total. The van der Waals surface area contributed by atoms with Crippen molar-refractivity contribution < 1.29 is 0 Å². The van der Waals surface area contributed by atoms with Gasteiger partial charge in [0, 0.05) is 13.2 Å². The molecule has 1 aliphatic carbocycles. The molecule has 0 amide bonds. The van der Waals surface area contributed by atoms with E-state index in [9.17, 15) is 0 Å². The fourth-order valence-electron chi connectivity index (χ4n) is 1.59. The number of nitrogens with zero attached hydrogens (tertiary/aromatic N) is 1. The lowest BCUT2D eigenvalue weighted by Crippen LogP contribution is -2.03. The van der Waals surface area contributed by atoms with E-state index in [1.54, 1.807) is 0 Å². The monoisotopic (exact) mass is 176 g/mol. The van der Waals surface area contributed by atoms with Gasteiger partial charge in [-0.25, -0.2) is 0 Å². The summed E-state index contributed by atoms with van der Waals surface area (Å²) in [6, 6.07) is 2.23. The van der Waals surface area contributed by atoms with Crippen LogP contribution in [-0.2, 0) is 5.41 Å². The van der Waals surface area contributed by atoms with Crippen LogP contribution in [0.4, 0.5) is 5.69 Å². The molecule has 2 rings (SSSR count). The molecule has 13 heavy (non-hydrogen) atoms. The molecule has 1 aromatic rings. The Kier molecular flexibility index (Phi) is 1.79. The van der Waals surface area contributed by atoms with Crippen LogP contribution in [0.5, 0.6) is 0 Å². The van der Waals surface area contributed by atoms with E-state index in [1.807, 2.05) is 20.2 Å². The minimum atomic E-state index is 0.423. The molecule has 0 spiro atoms. The number of hydrogen-bond donors (Lipinski definition) is 1. The summed E-state index contributed by atoms with van der Waals surface area (Å²) in [5.41, 5.74) is 4.04. The molecule has 2 heteroatoms. The molecule has 1 aliphatic rings. The molecule has 1 fully saturated rings. The predicted molar refractivity (Wildman–Crippen MR) is 55.1 cm³/mol. The van der Waals surface area contributed by atoms with Gasteiger partial charge in [0.2, 0.25) is 0 Å². The molecule has 0 bridgehead atoms. The van der Waals surface area contributed by atoms with Gasteiger partial charge < -0.3 is 5.32 Å². The second-order valence-electron chi connectivity index (χ2n) is 4.17. The fourth-order valence-corrected chi connectivity index (χ4v) is 1.59. The van der Waals surface area contributed by atoms with E-state index < -0.39 is 0 Å². The maximum absolute atomic E-state index is 4.39. The van der Waals surface area contributed by atoms with Crippen LogP contribution in [0.3, 0.4) is 0 Å². The highest BCUT2D eigenvalue weighted by Crippen LogP contribution is 2.47. The average molecular weight is 176 g/mol. The van der Waals surface area contributed by atoms with Crippen molar-refractivity contribution in [3.63, 3.8) is 0 Å². The first-order valence-electron chi connectivity index (χ1n) is 4.80. The summed E-state index contributed by atoms with van der Waals surface area (Å²) in [6.07, 6.45) is 4.63. The van der Waals surface area contributed by atoms with Gasteiger partial charge in [-0.05, 0) is 36.8 Å². The van der Waals surface area contributed by atoms with Crippen molar-refractivity contribution in [2.45, 2.75) is 32.1 Å². The number of aromatic nitrogens is 1. The molecular weight excluding hydrogens is 160 g/mol. The van der Waals surface area contributed by atoms with E-state index in [1.165, 1.54) is 18.4 Å². The zero-order valence-corrected chi connectivity index (χ0v) is 8.52. The molecule has 0 atom stereocenters. The highest BCUT2D eigenvalue weighted by molar-refractivity contribution is 5.50. The Balaban J connectivity index is 2.39. The van der Waals surface area contributed by atoms with Crippen molar-refractivity contribution in [3.05, 3.63) is 23.5 Å². The molecule has 1 heterocycles. The Hall–Kier alpha value is -1.05. The third kappa shape index (κ3) is 1.41. The smallest absolute Gasteiger partial charge is 0.0603 e. The van der Waals surface area contributed by atoms with Gasteiger partial charge in [0.1, 0.15) is 0 Å². The molecule has 0 aromatic carbocycles. The molecule has 0 radical (unpaired) electrons. The summed E-state index contributed by atoms with van der Waals surface area (Å²) in [5.74, 6) is 0. The van der Waals surface area contributed by atoms with E-state index in [0.717, 1.165) is 11.4 Å². The number of rotatable bonds is 2. The Morgan fingerprint density at radius 1 is 1.46 bits per heavy atom. The number of pyridine rings is 1. The summed E-state index contributed by atoms with van der Waals surface area (Å²) >= 11 is 0. The van der Waals surface area contributed by atoms with Crippen LogP contribution >= 0.6 is 0 Å². The first kappa shape index (κ1) is 8.54. The van der Waals surface area contributed by atoms with Crippen molar-refractivity contribution in [2.75, 3.05) is 12.4 Å². The first-order chi connectivity index (χ1) is 6.15. The van der Waals surface area contributed by atoms with Crippen LogP contribution in [0.25, 0.3) is 0 Å². The molecule has 1 saturated carbocycles. The van der Waals surface area contributed by atoms with Crippen molar-refractivity contribution in [1.82, 2.24) is 4.98 Å². The predicted octanol–water partition coefficient (Wildman–Crippen LogP) is 2.48. The zero-order valence-electron chi connectivity index (χ0n) is 8.52. The van der Waals surface area contributed by atoms with Gasteiger partial charge >= 0.3 is 0 Å². The van der Waals surface area contributed by atoms with Crippen LogP contribution in [-0.4, -0.2) is 12.0 Å². The third-order valence-corrected chi connectivity index (χ3v) is 3.05.